The Kier molecular flexibility index (Phi) is 6.54. The van der Waals surface area contributed by atoms with Crippen LogP contribution in [0, 0.1) is 30.9 Å². The average molecular weight is 358 g/mol. The molecule has 0 aliphatic carbocycles. The molecule has 0 saturated heterocycles. The molecule has 1 N–H and O–H groups in total. The van der Waals surface area contributed by atoms with E-state index in [0.717, 1.165) is 11.3 Å². The van der Waals surface area contributed by atoms with Crippen molar-refractivity contribution in [2.24, 2.45) is 0 Å². The third-order valence-corrected chi connectivity index (χ3v) is 3.75. The summed E-state index contributed by atoms with van der Waals surface area (Å²) in [7, 11) is 0. The van der Waals surface area contributed by atoms with Gasteiger partial charge in [0.05, 0.1) is 11.5 Å². The molecule has 0 bridgehead atoms. The molecule has 26 heavy (non-hydrogen) atoms. The highest BCUT2D eigenvalue weighted by molar-refractivity contribution is 5.77. The standard InChI is InChI=1S/C19H22N2O5/c1-13-4-7-18(15(3)10-13)25-9-8-20-19(22)12-26-16-5-6-17(21(23)24)14(2)11-16/h4-7,10-11H,8-9,12H2,1-3H3,(H,20,22). The van der Waals surface area contributed by atoms with Crippen LogP contribution in [0.5, 0.6) is 11.5 Å². The maximum atomic E-state index is 11.8. The number of ether oxygens (including phenoxy) is 2. The zero-order valence-electron chi connectivity index (χ0n) is 15.1. The molecule has 1 amide bonds. The largest absolute Gasteiger partial charge is 0.491 e. The van der Waals surface area contributed by atoms with Gasteiger partial charge >= 0.3 is 0 Å². The summed E-state index contributed by atoms with van der Waals surface area (Å²) in [6.45, 7) is 6.15. The first-order valence-electron chi connectivity index (χ1n) is 8.21. The van der Waals surface area contributed by atoms with Gasteiger partial charge in [0.25, 0.3) is 11.6 Å². The minimum absolute atomic E-state index is 0.0188. The van der Waals surface area contributed by atoms with Crippen LogP contribution in [0.2, 0.25) is 0 Å². The lowest BCUT2D eigenvalue weighted by molar-refractivity contribution is -0.385. The van der Waals surface area contributed by atoms with Crippen LogP contribution in [0.25, 0.3) is 0 Å². The van der Waals surface area contributed by atoms with Gasteiger partial charge in [-0.2, -0.15) is 0 Å². The van der Waals surface area contributed by atoms with Crippen LogP contribution in [0.15, 0.2) is 36.4 Å². The Bertz CT molecular complexity index is 805. The summed E-state index contributed by atoms with van der Waals surface area (Å²) >= 11 is 0. The van der Waals surface area contributed by atoms with Crippen molar-refractivity contribution < 1.29 is 19.2 Å². The fourth-order valence-corrected chi connectivity index (χ4v) is 2.44. The van der Waals surface area contributed by atoms with Crippen molar-refractivity contribution in [1.82, 2.24) is 5.32 Å². The first kappa shape index (κ1) is 19.2. The number of hydrogen-bond donors (Lipinski definition) is 1. The Balaban J connectivity index is 1.72. The van der Waals surface area contributed by atoms with Crippen LogP contribution in [-0.4, -0.2) is 30.6 Å². The molecule has 0 unspecified atom stereocenters. The molecule has 138 valence electrons. The normalized spacial score (nSPS) is 10.3. The van der Waals surface area contributed by atoms with E-state index in [0.29, 0.717) is 24.5 Å². The monoisotopic (exact) mass is 358 g/mol. The maximum absolute atomic E-state index is 11.8. The van der Waals surface area contributed by atoms with Crippen LogP contribution in [0.3, 0.4) is 0 Å². The molecular formula is C19H22N2O5. The Morgan fingerprint density at radius 3 is 2.50 bits per heavy atom. The number of amides is 1. The molecule has 2 aromatic carbocycles. The Labute approximate surface area is 152 Å². The minimum Gasteiger partial charge on any atom is -0.491 e. The van der Waals surface area contributed by atoms with E-state index in [1.165, 1.54) is 23.8 Å². The van der Waals surface area contributed by atoms with Gasteiger partial charge in [-0.15, -0.1) is 0 Å². The van der Waals surface area contributed by atoms with E-state index in [1.807, 2.05) is 32.0 Å². The van der Waals surface area contributed by atoms with Crippen LogP contribution in [0.4, 0.5) is 5.69 Å². The van der Waals surface area contributed by atoms with E-state index in [-0.39, 0.29) is 18.2 Å². The molecule has 0 atom stereocenters. The highest BCUT2D eigenvalue weighted by Crippen LogP contribution is 2.23. The molecule has 0 spiro atoms. The van der Waals surface area contributed by atoms with Crippen LogP contribution in [0.1, 0.15) is 16.7 Å². The van der Waals surface area contributed by atoms with Crippen molar-refractivity contribution in [3.05, 3.63) is 63.2 Å². The third kappa shape index (κ3) is 5.47. The van der Waals surface area contributed by atoms with Crippen molar-refractivity contribution >= 4 is 11.6 Å². The molecule has 0 aliphatic rings. The summed E-state index contributed by atoms with van der Waals surface area (Å²) in [6, 6.07) is 10.3. The predicted octanol–water partition coefficient (Wildman–Crippen LogP) is 3.09. The van der Waals surface area contributed by atoms with E-state index >= 15 is 0 Å². The highest BCUT2D eigenvalue weighted by atomic mass is 16.6. The highest BCUT2D eigenvalue weighted by Gasteiger charge is 2.11. The molecule has 0 fully saturated rings. The second-order valence-corrected chi connectivity index (χ2v) is 5.96. The second-order valence-electron chi connectivity index (χ2n) is 5.96. The minimum atomic E-state index is -0.457. The second kappa shape index (κ2) is 8.84. The van der Waals surface area contributed by atoms with E-state index in [4.69, 9.17) is 9.47 Å². The van der Waals surface area contributed by atoms with E-state index < -0.39 is 4.92 Å². The van der Waals surface area contributed by atoms with Crippen molar-refractivity contribution in [3.8, 4) is 11.5 Å². The van der Waals surface area contributed by atoms with Crippen molar-refractivity contribution in [2.75, 3.05) is 19.8 Å². The fourth-order valence-electron chi connectivity index (χ4n) is 2.44. The number of rotatable bonds is 8. The molecular weight excluding hydrogens is 336 g/mol. The van der Waals surface area contributed by atoms with E-state index in [2.05, 4.69) is 5.32 Å². The van der Waals surface area contributed by atoms with Gasteiger partial charge in [-0.05, 0) is 44.5 Å². The molecule has 0 aromatic heterocycles. The lowest BCUT2D eigenvalue weighted by atomic mass is 10.1. The molecule has 2 rings (SSSR count). The molecule has 0 aliphatic heterocycles. The molecule has 2 aromatic rings. The summed E-state index contributed by atoms with van der Waals surface area (Å²) in [6.07, 6.45) is 0. The predicted molar refractivity (Wildman–Crippen MR) is 97.7 cm³/mol. The van der Waals surface area contributed by atoms with Crippen molar-refractivity contribution in [2.45, 2.75) is 20.8 Å². The zero-order valence-corrected chi connectivity index (χ0v) is 15.1. The van der Waals surface area contributed by atoms with E-state index in [9.17, 15) is 14.9 Å². The number of nitrogens with zero attached hydrogens (tertiary/aromatic N) is 1. The van der Waals surface area contributed by atoms with Gasteiger partial charge in [-0.1, -0.05) is 17.7 Å². The van der Waals surface area contributed by atoms with Gasteiger partial charge < -0.3 is 14.8 Å². The summed E-state index contributed by atoms with van der Waals surface area (Å²) in [5.74, 6) is 0.919. The summed E-state index contributed by atoms with van der Waals surface area (Å²) in [4.78, 5) is 22.1. The van der Waals surface area contributed by atoms with Crippen LogP contribution < -0.4 is 14.8 Å². The fraction of sp³-hybridized carbons (Fsp3) is 0.316. The van der Waals surface area contributed by atoms with Gasteiger partial charge in [0.15, 0.2) is 6.61 Å². The summed E-state index contributed by atoms with van der Waals surface area (Å²) in [5.41, 5.74) is 2.72. The van der Waals surface area contributed by atoms with Gasteiger partial charge in [0.1, 0.15) is 18.1 Å². The summed E-state index contributed by atoms with van der Waals surface area (Å²) < 4.78 is 11.0. The smallest absolute Gasteiger partial charge is 0.272 e. The Morgan fingerprint density at radius 1 is 1.08 bits per heavy atom. The van der Waals surface area contributed by atoms with Crippen molar-refractivity contribution in [1.29, 1.82) is 0 Å². The maximum Gasteiger partial charge on any atom is 0.272 e. The van der Waals surface area contributed by atoms with E-state index in [1.54, 1.807) is 6.92 Å². The number of carbonyl (C=O) groups excluding carboxylic acids is 1. The zero-order chi connectivity index (χ0) is 19.1. The molecule has 7 nitrogen and oxygen atoms in total. The number of carbonyl (C=O) groups is 1. The van der Waals surface area contributed by atoms with Gasteiger partial charge in [-0.25, -0.2) is 0 Å². The number of nitro groups is 1. The lowest BCUT2D eigenvalue weighted by Crippen LogP contribution is -2.32. The number of nitrogens with one attached hydrogen (secondary N) is 1. The number of benzene rings is 2. The average Bonchev–Trinajstić information content (AvgIpc) is 2.58. The molecule has 0 radical (unpaired) electrons. The molecule has 7 heteroatoms. The number of nitro benzene ring substituents is 1. The first-order chi connectivity index (χ1) is 12.4. The van der Waals surface area contributed by atoms with Gasteiger partial charge in [0.2, 0.25) is 0 Å². The lowest BCUT2D eigenvalue weighted by Gasteiger charge is -2.11. The quantitative estimate of drug-likeness (QED) is 0.445. The Morgan fingerprint density at radius 2 is 1.85 bits per heavy atom. The van der Waals surface area contributed by atoms with Gasteiger partial charge in [0, 0.05) is 11.6 Å². The van der Waals surface area contributed by atoms with Gasteiger partial charge in [-0.3, -0.25) is 14.9 Å². The third-order valence-electron chi connectivity index (χ3n) is 3.75. The van der Waals surface area contributed by atoms with Crippen molar-refractivity contribution in [3.63, 3.8) is 0 Å². The molecule has 0 heterocycles. The Hall–Kier alpha value is -3.09. The number of aryl methyl sites for hydroxylation is 3. The number of hydrogen-bond acceptors (Lipinski definition) is 5. The SMILES string of the molecule is Cc1ccc(OCCNC(=O)COc2ccc([N+](=O)[O-])c(C)c2)c(C)c1. The first-order valence-corrected chi connectivity index (χ1v) is 8.21. The van der Waals surface area contributed by atoms with Crippen LogP contribution >= 0.6 is 0 Å². The van der Waals surface area contributed by atoms with Crippen LogP contribution in [-0.2, 0) is 4.79 Å². The molecule has 0 saturated carbocycles. The topological polar surface area (TPSA) is 90.7 Å². The summed E-state index contributed by atoms with van der Waals surface area (Å²) in [5, 5.41) is 13.5.